The molecule has 0 saturated heterocycles. The number of nitrogens with one attached hydrogen (secondary N) is 1. The maximum absolute atomic E-state index is 14.6. The van der Waals surface area contributed by atoms with E-state index in [0.717, 1.165) is 6.07 Å². The van der Waals surface area contributed by atoms with E-state index in [2.05, 4.69) is 10.3 Å². The van der Waals surface area contributed by atoms with Crippen LogP contribution in [0.5, 0.6) is 0 Å². The number of benzene rings is 1. The van der Waals surface area contributed by atoms with E-state index >= 15 is 0 Å². The summed E-state index contributed by atoms with van der Waals surface area (Å²) in [5.41, 5.74) is -3.75. The molecule has 3 rings (SSSR count). The molecule has 168 valence electrons. The van der Waals surface area contributed by atoms with Crippen LogP contribution in [-0.4, -0.2) is 27.8 Å². The minimum absolute atomic E-state index is 0.0308. The predicted molar refractivity (Wildman–Crippen MR) is 104 cm³/mol. The number of aromatic nitrogens is 1. The van der Waals surface area contributed by atoms with Gasteiger partial charge in [0.1, 0.15) is 17.1 Å². The highest BCUT2D eigenvalue weighted by atomic mass is 35.5. The number of rotatable bonds is 4. The van der Waals surface area contributed by atoms with E-state index in [4.69, 9.17) is 23.2 Å². The summed E-state index contributed by atoms with van der Waals surface area (Å²) in [7, 11) is 0. The van der Waals surface area contributed by atoms with Crippen molar-refractivity contribution in [2.24, 2.45) is 0 Å². The molecule has 0 bridgehead atoms. The van der Waals surface area contributed by atoms with Gasteiger partial charge in [-0.15, -0.1) is 0 Å². The normalized spacial score (nSPS) is 22.8. The summed E-state index contributed by atoms with van der Waals surface area (Å²) in [6, 6.07) is 2.57. The third kappa shape index (κ3) is 5.27. The number of carbonyl (C=O) groups is 1. The predicted octanol–water partition coefficient (Wildman–Crippen LogP) is 5.66. The van der Waals surface area contributed by atoms with Crippen LogP contribution in [0.15, 0.2) is 30.5 Å². The van der Waals surface area contributed by atoms with E-state index in [0.29, 0.717) is 12.3 Å². The first-order valence-corrected chi connectivity index (χ1v) is 10.0. The standard InChI is InChI=1S/C20H17Cl2F5N2O2/c21-11-1-2-15(24)13(8-11)16(19(31)5-3-12(23)4-6-19)29-18(30)14-7-10(20(25,26)27)9-28-17(14)22/h1-2,7-9,12,16,31H,3-6H2,(H,29,30). The lowest BCUT2D eigenvalue weighted by atomic mass is 9.76. The van der Waals surface area contributed by atoms with Crippen LogP contribution >= 0.6 is 23.2 Å². The SMILES string of the molecule is O=C(NC(c1cc(Cl)ccc1F)C1(O)CCC(F)CC1)c1cc(C(F)(F)F)cnc1Cl. The minimum Gasteiger partial charge on any atom is -0.387 e. The quantitative estimate of drug-likeness (QED) is 0.436. The highest BCUT2D eigenvalue weighted by Crippen LogP contribution is 2.41. The molecule has 1 fully saturated rings. The molecule has 1 aliphatic carbocycles. The van der Waals surface area contributed by atoms with Gasteiger partial charge in [-0.2, -0.15) is 13.2 Å². The van der Waals surface area contributed by atoms with Crippen molar-refractivity contribution in [3.63, 3.8) is 0 Å². The van der Waals surface area contributed by atoms with Crippen molar-refractivity contribution in [2.75, 3.05) is 0 Å². The van der Waals surface area contributed by atoms with Crippen molar-refractivity contribution in [3.8, 4) is 0 Å². The van der Waals surface area contributed by atoms with Crippen molar-refractivity contribution >= 4 is 29.1 Å². The van der Waals surface area contributed by atoms with Crippen molar-refractivity contribution < 1.29 is 31.9 Å². The Morgan fingerprint density at radius 3 is 2.48 bits per heavy atom. The zero-order valence-corrected chi connectivity index (χ0v) is 17.3. The minimum atomic E-state index is -4.78. The molecule has 31 heavy (non-hydrogen) atoms. The molecule has 0 aliphatic heterocycles. The maximum Gasteiger partial charge on any atom is 0.417 e. The Labute approximate surface area is 184 Å². The number of alkyl halides is 4. The first-order chi connectivity index (χ1) is 14.4. The van der Waals surface area contributed by atoms with Crippen molar-refractivity contribution in [2.45, 2.75) is 49.7 Å². The monoisotopic (exact) mass is 482 g/mol. The summed E-state index contributed by atoms with van der Waals surface area (Å²) in [4.78, 5) is 16.2. The second kappa shape index (κ2) is 8.88. The van der Waals surface area contributed by atoms with E-state index < -0.39 is 52.0 Å². The molecular formula is C20H17Cl2F5N2O2. The lowest BCUT2D eigenvalue weighted by molar-refractivity contribution is -0.137. The van der Waals surface area contributed by atoms with Gasteiger partial charge in [-0.05, 0) is 49.9 Å². The molecule has 0 radical (unpaired) electrons. The zero-order chi connectivity index (χ0) is 23.0. The topological polar surface area (TPSA) is 62.2 Å². The van der Waals surface area contributed by atoms with Crippen molar-refractivity contribution in [1.82, 2.24) is 10.3 Å². The van der Waals surface area contributed by atoms with E-state index in [-0.39, 0.29) is 36.3 Å². The van der Waals surface area contributed by atoms with Gasteiger partial charge in [-0.25, -0.2) is 13.8 Å². The van der Waals surface area contributed by atoms with E-state index in [1.807, 2.05) is 0 Å². The van der Waals surface area contributed by atoms with E-state index in [1.54, 1.807) is 0 Å². The molecule has 1 atom stereocenters. The van der Waals surface area contributed by atoms with Crippen LogP contribution in [-0.2, 0) is 6.18 Å². The molecule has 11 heteroatoms. The van der Waals surface area contributed by atoms with Gasteiger partial charge >= 0.3 is 6.18 Å². The van der Waals surface area contributed by atoms with Gasteiger partial charge in [0, 0.05) is 16.8 Å². The number of hydrogen-bond donors (Lipinski definition) is 2. The maximum atomic E-state index is 14.6. The molecule has 1 saturated carbocycles. The van der Waals surface area contributed by atoms with Gasteiger partial charge in [0.05, 0.1) is 22.8 Å². The molecule has 1 aliphatic rings. The first-order valence-electron chi connectivity index (χ1n) is 9.26. The summed E-state index contributed by atoms with van der Waals surface area (Å²) in [6.45, 7) is 0. The summed E-state index contributed by atoms with van der Waals surface area (Å²) < 4.78 is 67.3. The van der Waals surface area contributed by atoms with E-state index in [1.165, 1.54) is 12.1 Å². The fraction of sp³-hybridized carbons (Fsp3) is 0.400. The van der Waals surface area contributed by atoms with Gasteiger partial charge in [0.15, 0.2) is 0 Å². The largest absolute Gasteiger partial charge is 0.417 e. The summed E-state index contributed by atoms with van der Waals surface area (Å²) in [5.74, 6) is -1.91. The lowest BCUT2D eigenvalue weighted by Gasteiger charge is -2.40. The summed E-state index contributed by atoms with van der Waals surface area (Å²) in [5, 5.41) is 13.1. The molecule has 1 aromatic carbocycles. The second-order valence-electron chi connectivity index (χ2n) is 7.41. The highest BCUT2D eigenvalue weighted by Gasteiger charge is 2.43. The number of nitrogens with zero attached hydrogens (tertiary/aromatic N) is 1. The average Bonchev–Trinajstić information content (AvgIpc) is 2.70. The Bertz CT molecular complexity index is 979. The third-order valence-electron chi connectivity index (χ3n) is 5.27. The van der Waals surface area contributed by atoms with Crippen LogP contribution in [0.4, 0.5) is 22.0 Å². The Morgan fingerprint density at radius 2 is 1.87 bits per heavy atom. The Hall–Kier alpha value is -1.97. The van der Waals surface area contributed by atoms with Gasteiger partial charge in [0.2, 0.25) is 0 Å². The van der Waals surface area contributed by atoms with E-state index in [9.17, 15) is 31.9 Å². The fourth-order valence-corrected chi connectivity index (χ4v) is 3.95. The molecule has 1 aromatic heterocycles. The molecule has 1 amide bonds. The van der Waals surface area contributed by atoms with Gasteiger partial charge in [-0.3, -0.25) is 4.79 Å². The number of amides is 1. The number of hydrogen-bond acceptors (Lipinski definition) is 3. The number of aliphatic hydroxyl groups is 1. The fourth-order valence-electron chi connectivity index (χ4n) is 3.58. The molecule has 1 unspecified atom stereocenters. The average molecular weight is 483 g/mol. The van der Waals surface area contributed by atoms with Crippen LogP contribution in [0.2, 0.25) is 10.2 Å². The van der Waals surface area contributed by atoms with Crippen LogP contribution < -0.4 is 5.32 Å². The molecule has 4 nitrogen and oxygen atoms in total. The van der Waals surface area contributed by atoms with Crippen molar-refractivity contribution in [1.29, 1.82) is 0 Å². The molecule has 2 aromatic rings. The molecule has 0 spiro atoms. The van der Waals surface area contributed by atoms with Gasteiger partial charge in [0.25, 0.3) is 5.91 Å². The van der Waals surface area contributed by atoms with Gasteiger partial charge < -0.3 is 10.4 Å². The Balaban J connectivity index is 2.01. The summed E-state index contributed by atoms with van der Waals surface area (Å²) in [6.07, 6.45) is -5.75. The molecular weight excluding hydrogens is 466 g/mol. The number of pyridine rings is 1. The second-order valence-corrected chi connectivity index (χ2v) is 8.21. The summed E-state index contributed by atoms with van der Waals surface area (Å²) >= 11 is 11.8. The zero-order valence-electron chi connectivity index (χ0n) is 15.8. The molecule has 1 heterocycles. The van der Waals surface area contributed by atoms with Crippen LogP contribution in [0.25, 0.3) is 0 Å². The molecule has 2 N–H and O–H groups in total. The Morgan fingerprint density at radius 1 is 1.23 bits per heavy atom. The number of halogens is 7. The van der Waals surface area contributed by atoms with Crippen LogP contribution in [0, 0.1) is 5.82 Å². The van der Waals surface area contributed by atoms with Gasteiger partial charge in [-0.1, -0.05) is 23.2 Å². The highest BCUT2D eigenvalue weighted by molar-refractivity contribution is 6.32. The van der Waals surface area contributed by atoms with Crippen LogP contribution in [0.1, 0.15) is 53.2 Å². The Kier molecular flexibility index (Phi) is 6.78. The van der Waals surface area contributed by atoms with Crippen molar-refractivity contribution in [3.05, 3.63) is 63.1 Å². The number of carbonyl (C=O) groups excluding carboxylic acids is 1. The lowest BCUT2D eigenvalue weighted by Crippen LogP contribution is -2.49. The smallest absolute Gasteiger partial charge is 0.387 e. The van der Waals surface area contributed by atoms with Crippen LogP contribution in [0.3, 0.4) is 0 Å². The first kappa shape index (κ1) is 23.7. The third-order valence-corrected chi connectivity index (χ3v) is 5.81.